The van der Waals surface area contributed by atoms with E-state index >= 15 is 0 Å². The summed E-state index contributed by atoms with van der Waals surface area (Å²) in [5.41, 5.74) is 4.33. The van der Waals surface area contributed by atoms with E-state index in [2.05, 4.69) is 18.8 Å². The summed E-state index contributed by atoms with van der Waals surface area (Å²) >= 11 is 1.71. The molecule has 1 fully saturated rings. The van der Waals surface area contributed by atoms with Gasteiger partial charge in [0.15, 0.2) is 6.10 Å². The Kier molecular flexibility index (Phi) is 22.4. The number of hydrogen-bond donors (Lipinski definition) is 3. The van der Waals surface area contributed by atoms with E-state index in [1.54, 1.807) is 11.8 Å². The van der Waals surface area contributed by atoms with Crippen LogP contribution in [0.5, 0.6) is 0 Å². The van der Waals surface area contributed by atoms with Crippen LogP contribution >= 0.6 is 19.6 Å². The van der Waals surface area contributed by atoms with Crippen LogP contribution in [0.25, 0.3) is 0 Å². The largest absolute Gasteiger partial charge is 0.472 e. The zero-order chi connectivity index (χ0) is 36.0. The van der Waals surface area contributed by atoms with Crippen LogP contribution in [0.4, 0.5) is 14.6 Å². The summed E-state index contributed by atoms with van der Waals surface area (Å²) in [6.45, 7) is 3.82. The van der Waals surface area contributed by atoms with Crippen molar-refractivity contribution in [3.8, 4) is 0 Å². The molecule has 49 heavy (non-hydrogen) atoms. The Morgan fingerprint density at radius 2 is 1.51 bits per heavy atom. The number of unbranched alkanes of at least 4 members (excludes halogenated alkanes) is 16. The number of aromatic nitrogens is 2. The molecular weight excluding hydrogens is 679 g/mol. The Hall–Kier alpha value is -1.12. The average molecular weight is 742 g/mol. The minimum absolute atomic E-state index is 0.168. The Morgan fingerprint density at radius 1 is 0.959 bits per heavy atom. The second-order valence-electron chi connectivity index (χ2n) is 13.0. The molecular formula is C34H62F2N3O8PS. The number of nitrogens with two attached hydrogens (primary N) is 1. The SMILES string of the molecule is CCCCCCCCCCCCSCC(COP(=O)(O)OC[C@H]1OC(n2ccc(N)nc2=O)C(F)(F)[C@@H]1O)OCCCCCCCCCC. The van der Waals surface area contributed by atoms with Crippen molar-refractivity contribution in [2.45, 2.75) is 160 Å². The minimum Gasteiger partial charge on any atom is -0.384 e. The van der Waals surface area contributed by atoms with Crippen molar-refractivity contribution < 1.29 is 41.9 Å². The van der Waals surface area contributed by atoms with E-state index in [9.17, 15) is 28.1 Å². The zero-order valence-electron chi connectivity index (χ0n) is 29.7. The van der Waals surface area contributed by atoms with E-state index in [-0.39, 0.29) is 12.4 Å². The number of ether oxygens (including phenoxy) is 2. The van der Waals surface area contributed by atoms with Crippen LogP contribution in [0.3, 0.4) is 0 Å². The van der Waals surface area contributed by atoms with E-state index in [0.717, 1.165) is 43.7 Å². The minimum atomic E-state index is -4.73. The number of alkyl halides is 2. The van der Waals surface area contributed by atoms with Crippen LogP contribution in [0, 0.1) is 0 Å². The van der Waals surface area contributed by atoms with Crippen LogP contribution in [-0.2, 0) is 23.1 Å². The molecule has 0 bridgehead atoms. The molecule has 2 rings (SSSR count). The Bertz CT molecular complexity index is 1120. The maximum atomic E-state index is 14.8. The number of aliphatic hydroxyl groups excluding tert-OH is 1. The predicted octanol–water partition coefficient (Wildman–Crippen LogP) is 8.03. The van der Waals surface area contributed by atoms with Gasteiger partial charge in [-0.25, -0.2) is 9.36 Å². The Labute approximate surface area is 296 Å². The van der Waals surface area contributed by atoms with Gasteiger partial charge in [-0.1, -0.05) is 117 Å². The molecule has 15 heteroatoms. The van der Waals surface area contributed by atoms with Gasteiger partial charge in [0.1, 0.15) is 11.9 Å². The van der Waals surface area contributed by atoms with E-state index in [4.69, 9.17) is 24.3 Å². The summed E-state index contributed by atoms with van der Waals surface area (Å²) in [6, 6.07) is 1.13. The highest BCUT2D eigenvalue weighted by atomic mass is 32.2. The van der Waals surface area contributed by atoms with Gasteiger partial charge in [-0.3, -0.25) is 13.6 Å². The molecule has 2 heterocycles. The van der Waals surface area contributed by atoms with Gasteiger partial charge in [0, 0.05) is 18.6 Å². The number of halogens is 2. The smallest absolute Gasteiger partial charge is 0.384 e. The Balaban J connectivity index is 1.79. The highest BCUT2D eigenvalue weighted by molar-refractivity contribution is 7.99. The molecule has 0 aliphatic carbocycles. The van der Waals surface area contributed by atoms with Crippen molar-refractivity contribution in [2.24, 2.45) is 0 Å². The molecule has 11 nitrogen and oxygen atoms in total. The van der Waals surface area contributed by atoms with Crippen LogP contribution < -0.4 is 11.4 Å². The van der Waals surface area contributed by atoms with Crippen LogP contribution in [-0.4, -0.2) is 75.1 Å². The topological polar surface area (TPSA) is 155 Å². The summed E-state index contributed by atoms with van der Waals surface area (Å²) in [7, 11) is -4.73. The predicted molar refractivity (Wildman–Crippen MR) is 191 cm³/mol. The third-order valence-electron chi connectivity index (χ3n) is 8.61. The van der Waals surface area contributed by atoms with Crippen molar-refractivity contribution in [3.05, 3.63) is 22.7 Å². The molecule has 1 saturated heterocycles. The van der Waals surface area contributed by atoms with Crippen molar-refractivity contribution in [2.75, 3.05) is 37.1 Å². The van der Waals surface area contributed by atoms with Gasteiger partial charge in [-0.2, -0.15) is 25.5 Å². The molecule has 3 unspecified atom stereocenters. The Morgan fingerprint density at radius 3 is 2.08 bits per heavy atom. The fraction of sp³-hybridized carbons (Fsp3) is 0.882. The van der Waals surface area contributed by atoms with Crippen molar-refractivity contribution in [3.63, 3.8) is 0 Å². The molecule has 0 aromatic carbocycles. The van der Waals surface area contributed by atoms with Crippen LogP contribution in [0.2, 0.25) is 0 Å². The lowest BCUT2D eigenvalue weighted by Gasteiger charge is -2.21. The fourth-order valence-electron chi connectivity index (χ4n) is 5.63. The van der Waals surface area contributed by atoms with E-state index in [1.807, 2.05) is 0 Å². The molecule has 286 valence electrons. The van der Waals surface area contributed by atoms with Gasteiger partial charge >= 0.3 is 19.4 Å². The monoisotopic (exact) mass is 741 g/mol. The van der Waals surface area contributed by atoms with Gasteiger partial charge in [0.25, 0.3) is 0 Å². The number of nitrogens with zero attached hydrogens (tertiary/aromatic N) is 2. The molecule has 1 aliphatic rings. The highest BCUT2D eigenvalue weighted by Gasteiger charge is 2.60. The normalized spacial score (nSPS) is 20.8. The summed E-state index contributed by atoms with van der Waals surface area (Å²) in [4.78, 5) is 25.9. The third kappa shape index (κ3) is 17.8. The first-order valence-corrected chi connectivity index (χ1v) is 21.0. The number of rotatable bonds is 30. The van der Waals surface area contributed by atoms with Gasteiger partial charge in [-0.05, 0) is 24.7 Å². The summed E-state index contributed by atoms with van der Waals surface area (Å²) < 4.78 is 64.3. The van der Waals surface area contributed by atoms with Crippen molar-refractivity contribution >= 4 is 25.4 Å². The molecule has 5 atom stereocenters. The molecule has 0 spiro atoms. The van der Waals surface area contributed by atoms with Gasteiger partial charge in [-0.15, -0.1) is 0 Å². The number of phosphoric acid groups is 1. The summed E-state index contributed by atoms with van der Waals surface area (Å²) in [5.74, 6) is -2.58. The summed E-state index contributed by atoms with van der Waals surface area (Å²) in [6.07, 6.45) is 16.0. The van der Waals surface area contributed by atoms with Gasteiger partial charge in [0.2, 0.25) is 6.23 Å². The average Bonchev–Trinajstić information content (AvgIpc) is 3.29. The number of nitrogen functional groups attached to an aromatic ring is 1. The van der Waals surface area contributed by atoms with Crippen LogP contribution in [0.1, 0.15) is 136 Å². The lowest BCUT2D eigenvalue weighted by Crippen LogP contribution is -2.42. The molecule has 0 saturated carbocycles. The number of hydrogen-bond acceptors (Lipinski definition) is 10. The molecule has 1 aliphatic heterocycles. The summed E-state index contributed by atoms with van der Waals surface area (Å²) in [5, 5.41) is 10.2. The first-order chi connectivity index (χ1) is 23.5. The fourth-order valence-corrected chi connectivity index (χ4v) is 7.42. The molecule has 0 radical (unpaired) electrons. The van der Waals surface area contributed by atoms with E-state index in [0.29, 0.717) is 16.9 Å². The quantitative estimate of drug-likeness (QED) is 0.0518. The number of aliphatic hydroxyl groups is 1. The lowest BCUT2D eigenvalue weighted by molar-refractivity contribution is -0.140. The molecule has 0 amide bonds. The van der Waals surface area contributed by atoms with Gasteiger partial charge < -0.3 is 25.2 Å². The van der Waals surface area contributed by atoms with Crippen molar-refractivity contribution in [1.82, 2.24) is 9.55 Å². The first kappa shape index (κ1) is 44.0. The second kappa shape index (κ2) is 25.0. The van der Waals surface area contributed by atoms with E-state index in [1.165, 1.54) is 89.9 Å². The van der Waals surface area contributed by atoms with Gasteiger partial charge in [0.05, 0.1) is 19.3 Å². The third-order valence-corrected chi connectivity index (χ3v) is 10.7. The number of phosphoric ester groups is 1. The highest BCUT2D eigenvalue weighted by Crippen LogP contribution is 2.47. The van der Waals surface area contributed by atoms with E-state index < -0.39 is 50.6 Å². The molecule has 1 aromatic rings. The molecule has 4 N–H and O–H groups in total. The molecule has 1 aromatic heterocycles. The second-order valence-corrected chi connectivity index (χ2v) is 15.6. The lowest BCUT2D eigenvalue weighted by atomic mass is 10.1. The zero-order valence-corrected chi connectivity index (χ0v) is 31.4. The first-order valence-electron chi connectivity index (χ1n) is 18.4. The number of thioether (sulfide) groups is 1. The van der Waals surface area contributed by atoms with Crippen molar-refractivity contribution in [1.29, 1.82) is 0 Å². The maximum absolute atomic E-state index is 14.8. The maximum Gasteiger partial charge on any atom is 0.472 e. The number of anilines is 1. The van der Waals surface area contributed by atoms with Crippen LogP contribution in [0.15, 0.2) is 17.1 Å². The standard InChI is InChI=1S/C34H62F2N3O8PS/c1-3-5-7-9-11-13-14-16-18-20-24-49-27-28(44-23-19-17-15-12-10-8-6-4-2)25-45-48(42,43)46-26-29-31(40)34(35,36)32(47-29)39-22-21-30(37)38-33(39)41/h21-22,28-29,31-32,40H,3-20,23-27H2,1-2H3,(H,42,43)(H2,37,38,41)/t28?,29-,31-,32?/m1/s1.